The predicted molar refractivity (Wildman–Crippen MR) is 74.9 cm³/mol. The number of rotatable bonds is 5. The van der Waals surface area contributed by atoms with Gasteiger partial charge in [0.05, 0.1) is 23.4 Å². The molecule has 0 aliphatic rings. The number of hydrogen-bond acceptors (Lipinski definition) is 5. The molecule has 0 amide bonds. The molecule has 0 aromatic carbocycles. The Hall–Kier alpha value is -2.70. The number of anilines is 1. The average Bonchev–Trinajstić information content (AvgIpc) is 2.41. The van der Waals surface area contributed by atoms with Crippen molar-refractivity contribution < 1.29 is 4.92 Å². The van der Waals surface area contributed by atoms with Gasteiger partial charge in [-0.25, -0.2) is 4.98 Å². The van der Waals surface area contributed by atoms with Crippen LogP contribution in [-0.2, 0) is 6.54 Å². The molecule has 2 aromatic heterocycles. The summed E-state index contributed by atoms with van der Waals surface area (Å²) in [6.07, 6.45) is 2.74. The highest BCUT2D eigenvalue weighted by molar-refractivity contribution is 5.35. The lowest BCUT2D eigenvalue weighted by molar-refractivity contribution is -0.386. The van der Waals surface area contributed by atoms with E-state index in [-0.39, 0.29) is 0 Å². The summed E-state index contributed by atoms with van der Waals surface area (Å²) < 4.78 is 1.57. The summed E-state index contributed by atoms with van der Waals surface area (Å²) in [6, 6.07) is 6.72. The molecule has 0 aliphatic heterocycles. The van der Waals surface area contributed by atoms with Gasteiger partial charge < -0.3 is 9.88 Å². The van der Waals surface area contributed by atoms with E-state index in [0.29, 0.717) is 6.54 Å². The molecule has 0 atom stereocenters. The molecule has 2 heterocycles. The Kier molecular flexibility index (Phi) is 4.09. The molecule has 104 valence electrons. The third-order valence-corrected chi connectivity index (χ3v) is 2.66. The Labute approximate surface area is 115 Å². The van der Waals surface area contributed by atoms with Crippen LogP contribution < -0.4 is 10.7 Å². The second-order valence-electron chi connectivity index (χ2n) is 4.17. The van der Waals surface area contributed by atoms with Gasteiger partial charge in [0.1, 0.15) is 5.82 Å². The van der Waals surface area contributed by atoms with Crippen molar-refractivity contribution >= 4 is 11.5 Å². The predicted octanol–water partition coefficient (Wildman–Crippen LogP) is 1.63. The van der Waals surface area contributed by atoms with Crippen LogP contribution >= 0.6 is 0 Å². The molecular weight excluding hydrogens is 260 g/mol. The van der Waals surface area contributed by atoms with E-state index in [1.807, 2.05) is 25.1 Å². The Morgan fingerprint density at radius 1 is 1.40 bits per heavy atom. The van der Waals surface area contributed by atoms with Crippen LogP contribution in [0.2, 0.25) is 0 Å². The van der Waals surface area contributed by atoms with Crippen LogP contribution in [-0.4, -0.2) is 21.0 Å². The highest BCUT2D eigenvalue weighted by atomic mass is 16.6. The van der Waals surface area contributed by atoms with Crippen LogP contribution in [0.1, 0.15) is 12.6 Å². The highest BCUT2D eigenvalue weighted by Crippen LogP contribution is 2.08. The van der Waals surface area contributed by atoms with E-state index in [4.69, 9.17) is 0 Å². The van der Waals surface area contributed by atoms with E-state index in [1.165, 1.54) is 18.5 Å². The molecule has 7 heteroatoms. The first-order valence-electron chi connectivity index (χ1n) is 6.14. The van der Waals surface area contributed by atoms with Crippen LogP contribution in [0.3, 0.4) is 0 Å². The normalized spacial score (nSPS) is 10.2. The fraction of sp³-hybridized carbons (Fsp3) is 0.231. The first-order chi connectivity index (χ1) is 9.60. The number of hydrogen-bond donors (Lipinski definition) is 1. The first-order valence-corrected chi connectivity index (χ1v) is 6.14. The maximum absolute atomic E-state index is 11.3. The number of nitrogens with zero attached hydrogens (tertiary/aromatic N) is 3. The van der Waals surface area contributed by atoms with Crippen LogP contribution in [0.4, 0.5) is 11.5 Å². The van der Waals surface area contributed by atoms with Crippen LogP contribution in [0.15, 0.2) is 41.5 Å². The summed E-state index contributed by atoms with van der Waals surface area (Å²) in [7, 11) is 0. The van der Waals surface area contributed by atoms with Crippen LogP contribution in [0.5, 0.6) is 0 Å². The zero-order chi connectivity index (χ0) is 14.5. The van der Waals surface area contributed by atoms with Crippen molar-refractivity contribution in [1.82, 2.24) is 9.55 Å². The largest absolute Gasteiger partial charge is 0.370 e. The number of pyridine rings is 2. The lowest BCUT2D eigenvalue weighted by Gasteiger charge is -2.07. The van der Waals surface area contributed by atoms with E-state index in [0.717, 1.165) is 18.1 Å². The molecule has 0 saturated heterocycles. The van der Waals surface area contributed by atoms with E-state index in [1.54, 1.807) is 4.57 Å². The minimum atomic E-state index is -0.679. The van der Waals surface area contributed by atoms with Gasteiger partial charge in [0.25, 0.3) is 5.43 Å². The highest BCUT2D eigenvalue weighted by Gasteiger charge is 2.11. The van der Waals surface area contributed by atoms with E-state index < -0.39 is 16.0 Å². The molecule has 1 N–H and O–H groups in total. The first kappa shape index (κ1) is 13.7. The Morgan fingerprint density at radius 3 is 2.90 bits per heavy atom. The summed E-state index contributed by atoms with van der Waals surface area (Å²) in [5.41, 5.74) is -0.280. The van der Waals surface area contributed by atoms with Gasteiger partial charge in [-0.15, -0.1) is 0 Å². The average molecular weight is 274 g/mol. The zero-order valence-electron chi connectivity index (χ0n) is 10.9. The van der Waals surface area contributed by atoms with Gasteiger partial charge in [0, 0.05) is 18.8 Å². The van der Waals surface area contributed by atoms with Gasteiger partial charge in [0.2, 0.25) is 0 Å². The van der Waals surface area contributed by atoms with Crippen molar-refractivity contribution in [3.8, 4) is 0 Å². The molecule has 0 unspecified atom stereocenters. The third kappa shape index (κ3) is 3.19. The fourth-order valence-corrected chi connectivity index (χ4v) is 1.78. The summed E-state index contributed by atoms with van der Waals surface area (Å²) >= 11 is 0. The van der Waals surface area contributed by atoms with Crippen LogP contribution in [0, 0.1) is 10.1 Å². The lowest BCUT2D eigenvalue weighted by Crippen LogP contribution is -2.12. The Morgan fingerprint density at radius 2 is 2.20 bits per heavy atom. The molecule has 0 bridgehead atoms. The van der Waals surface area contributed by atoms with Crippen molar-refractivity contribution in [1.29, 1.82) is 0 Å². The SMILES string of the molecule is CCNc1cccc(Cn2ccc(=O)c([N+](=O)[O-])c2)n1. The molecule has 7 nitrogen and oxygen atoms in total. The summed E-state index contributed by atoms with van der Waals surface area (Å²) in [6.45, 7) is 3.10. The quantitative estimate of drug-likeness (QED) is 0.661. The lowest BCUT2D eigenvalue weighted by atomic mass is 10.3. The zero-order valence-corrected chi connectivity index (χ0v) is 10.9. The van der Waals surface area contributed by atoms with Crippen molar-refractivity contribution in [2.45, 2.75) is 13.5 Å². The Bertz CT molecular complexity index is 681. The maximum atomic E-state index is 11.3. The van der Waals surface area contributed by atoms with Crippen LogP contribution in [0.25, 0.3) is 0 Å². The molecule has 2 aromatic rings. The van der Waals surface area contributed by atoms with Gasteiger partial charge in [-0.2, -0.15) is 0 Å². The van der Waals surface area contributed by atoms with E-state index >= 15 is 0 Å². The molecule has 0 radical (unpaired) electrons. The Balaban J connectivity index is 2.26. The molecule has 0 fully saturated rings. The second kappa shape index (κ2) is 5.96. The summed E-state index contributed by atoms with van der Waals surface area (Å²) in [5.74, 6) is 0.751. The second-order valence-corrected chi connectivity index (χ2v) is 4.17. The summed E-state index contributed by atoms with van der Waals surface area (Å²) in [5, 5.41) is 13.8. The van der Waals surface area contributed by atoms with Gasteiger partial charge in [0.15, 0.2) is 0 Å². The minimum Gasteiger partial charge on any atom is -0.370 e. The van der Waals surface area contributed by atoms with Crippen molar-refractivity contribution in [2.24, 2.45) is 0 Å². The molecule has 2 rings (SSSR count). The van der Waals surface area contributed by atoms with Crippen molar-refractivity contribution in [2.75, 3.05) is 11.9 Å². The van der Waals surface area contributed by atoms with Crippen molar-refractivity contribution in [3.05, 3.63) is 62.7 Å². The molecule has 0 spiro atoms. The minimum absolute atomic E-state index is 0.361. The standard InChI is InChI=1S/C13H14N4O3/c1-2-14-13-5-3-4-10(15-13)8-16-7-6-12(18)11(9-16)17(19)20/h3-7,9H,2,8H2,1H3,(H,14,15). The maximum Gasteiger partial charge on any atom is 0.332 e. The van der Waals surface area contributed by atoms with Gasteiger partial charge in [-0.05, 0) is 19.1 Å². The number of nitrogens with one attached hydrogen (secondary N) is 1. The van der Waals surface area contributed by atoms with E-state index in [9.17, 15) is 14.9 Å². The molecular formula is C13H14N4O3. The topological polar surface area (TPSA) is 90.1 Å². The summed E-state index contributed by atoms with van der Waals surface area (Å²) in [4.78, 5) is 25.8. The molecule has 0 saturated carbocycles. The van der Waals surface area contributed by atoms with Crippen molar-refractivity contribution in [3.63, 3.8) is 0 Å². The smallest absolute Gasteiger partial charge is 0.332 e. The van der Waals surface area contributed by atoms with E-state index in [2.05, 4.69) is 10.3 Å². The monoisotopic (exact) mass is 274 g/mol. The molecule has 20 heavy (non-hydrogen) atoms. The number of nitro groups is 1. The van der Waals surface area contributed by atoms with Gasteiger partial charge >= 0.3 is 5.69 Å². The fourth-order valence-electron chi connectivity index (χ4n) is 1.78. The third-order valence-electron chi connectivity index (χ3n) is 2.66. The molecule has 0 aliphatic carbocycles. The number of aromatic nitrogens is 2. The van der Waals surface area contributed by atoms with Gasteiger partial charge in [-0.1, -0.05) is 6.07 Å². The van der Waals surface area contributed by atoms with Gasteiger partial charge in [-0.3, -0.25) is 14.9 Å².